The second-order valence-electron chi connectivity index (χ2n) is 20.2. The number of hydrogen-bond acceptors (Lipinski definition) is 6. The van der Waals surface area contributed by atoms with Crippen LogP contribution in [0.15, 0.2) is 0 Å². The van der Waals surface area contributed by atoms with E-state index >= 15 is 0 Å². The summed E-state index contributed by atoms with van der Waals surface area (Å²) in [7, 11) is 0. The van der Waals surface area contributed by atoms with E-state index in [1.807, 2.05) is 0 Å². The summed E-state index contributed by atoms with van der Waals surface area (Å²) >= 11 is 0. The lowest BCUT2D eigenvalue weighted by Gasteiger charge is -2.18. The van der Waals surface area contributed by atoms with E-state index in [1.165, 1.54) is 199 Å². The third kappa shape index (κ3) is 49.4. The third-order valence-corrected chi connectivity index (χ3v) is 12.7. The molecule has 0 N–H and O–H groups in total. The van der Waals surface area contributed by atoms with Crippen molar-refractivity contribution >= 4 is 17.9 Å². The van der Waals surface area contributed by atoms with Crippen molar-refractivity contribution in [3.8, 4) is 0 Å². The van der Waals surface area contributed by atoms with Gasteiger partial charge in [0.05, 0.1) is 0 Å². The van der Waals surface area contributed by atoms with Crippen molar-refractivity contribution < 1.29 is 28.6 Å². The predicted molar refractivity (Wildman–Crippen MR) is 266 cm³/mol. The second kappa shape index (κ2) is 48.9. The van der Waals surface area contributed by atoms with Crippen molar-refractivity contribution in [2.24, 2.45) is 11.8 Å². The lowest BCUT2D eigenvalue weighted by Crippen LogP contribution is -2.30. The van der Waals surface area contributed by atoms with Crippen molar-refractivity contribution in [2.75, 3.05) is 13.2 Å². The van der Waals surface area contributed by atoms with E-state index in [4.69, 9.17) is 14.2 Å². The molecule has 0 aromatic carbocycles. The molecule has 0 aliphatic heterocycles. The average Bonchev–Trinajstić information content (AvgIpc) is 3.24. The molecule has 1 atom stereocenters. The first-order valence-corrected chi connectivity index (χ1v) is 27.7. The number of rotatable bonds is 50. The first-order valence-electron chi connectivity index (χ1n) is 27.7. The summed E-state index contributed by atoms with van der Waals surface area (Å²) in [5.41, 5.74) is 0. The van der Waals surface area contributed by atoms with Gasteiger partial charge in [0, 0.05) is 19.3 Å². The molecule has 0 fully saturated rings. The molecule has 0 heterocycles. The maximum atomic E-state index is 12.8. The minimum absolute atomic E-state index is 0.0635. The maximum absolute atomic E-state index is 12.8. The molecule has 0 aliphatic carbocycles. The van der Waals surface area contributed by atoms with Gasteiger partial charge in [-0.15, -0.1) is 0 Å². The van der Waals surface area contributed by atoms with Crippen LogP contribution in [0, 0.1) is 11.8 Å². The molecule has 368 valence electrons. The molecule has 0 aromatic heterocycles. The summed E-state index contributed by atoms with van der Waals surface area (Å²) in [5, 5.41) is 0. The van der Waals surface area contributed by atoms with E-state index < -0.39 is 6.10 Å². The van der Waals surface area contributed by atoms with E-state index in [1.54, 1.807) is 0 Å². The molecule has 0 amide bonds. The first-order chi connectivity index (χ1) is 30.2. The molecule has 6 heteroatoms. The topological polar surface area (TPSA) is 78.9 Å². The Bertz CT molecular complexity index is 947. The molecule has 6 nitrogen and oxygen atoms in total. The number of hydrogen-bond donors (Lipinski definition) is 0. The quantitative estimate of drug-likeness (QED) is 0.0344. The van der Waals surface area contributed by atoms with Crippen LogP contribution in [-0.4, -0.2) is 37.2 Å². The van der Waals surface area contributed by atoms with E-state index in [0.717, 1.165) is 69.6 Å². The minimum atomic E-state index is -0.762. The van der Waals surface area contributed by atoms with Gasteiger partial charge in [-0.1, -0.05) is 272 Å². The van der Waals surface area contributed by atoms with Gasteiger partial charge in [0.25, 0.3) is 0 Å². The molecule has 0 aliphatic rings. The molecule has 0 unspecified atom stereocenters. The zero-order valence-electron chi connectivity index (χ0n) is 42.5. The zero-order chi connectivity index (χ0) is 45.4. The summed E-state index contributed by atoms with van der Waals surface area (Å²) in [6, 6.07) is 0. The van der Waals surface area contributed by atoms with Gasteiger partial charge in [-0.2, -0.15) is 0 Å². The highest BCUT2D eigenvalue weighted by molar-refractivity contribution is 5.71. The SMILES string of the molecule is CCCCCCCCCCCCCCC(=O)OC[C@H](COC(=O)CCCCCCCCCCCCCCCCCCCCC(C)C)OC(=O)CCCCCCCCCCC(C)C. The molecule has 0 bridgehead atoms. The van der Waals surface area contributed by atoms with Crippen molar-refractivity contribution in [3.05, 3.63) is 0 Å². The van der Waals surface area contributed by atoms with Crippen LogP contribution in [0.25, 0.3) is 0 Å². The van der Waals surface area contributed by atoms with Gasteiger partial charge in [0.2, 0.25) is 0 Å². The fourth-order valence-corrected chi connectivity index (χ4v) is 8.52. The van der Waals surface area contributed by atoms with Crippen molar-refractivity contribution in [1.29, 1.82) is 0 Å². The van der Waals surface area contributed by atoms with Gasteiger partial charge in [-0.05, 0) is 31.1 Å². The van der Waals surface area contributed by atoms with Gasteiger partial charge in [0.15, 0.2) is 6.10 Å². The first kappa shape index (κ1) is 60.4. The summed E-state index contributed by atoms with van der Waals surface area (Å²) in [4.78, 5) is 38.0. The van der Waals surface area contributed by atoms with Crippen LogP contribution in [0.4, 0.5) is 0 Å². The molecule has 0 rings (SSSR count). The van der Waals surface area contributed by atoms with Crippen LogP contribution in [0.1, 0.15) is 311 Å². The molecule has 0 saturated heterocycles. The molecule has 0 spiro atoms. The lowest BCUT2D eigenvalue weighted by atomic mass is 10.0. The van der Waals surface area contributed by atoms with Crippen LogP contribution in [0.5, 0.6) is 0 Å². The van der Waals surface area contributed by atoms with E-state index in [0.29, 0.717) is 19.3 Å². The van der Waals surface area contributed by atoms with Gasteiger partial charge < -0.3 is 14.2 Å². The molecular weight excluding hydrogens is 769 g/mol. The Balaban J connectivity index is 4.20. The Kier molecular flexibility index (Phi) is 47.6. The van der Waals surface area contributed by atoms with Gasteiger partial charge in [0.1, 0.15) is 13.2 Å². The largest absolute Gasteiger partial charge is 0.462 e. The van der Waals surface area contributed by atoms with E-state index in [2.05, 4.69) is 34.6 Å². The summed E-state index contributed by atoms with van der Waals surface area (Å²) in [6.07, 6.45) is 51.0. The van der Waals surface area contributed by atoms with Crippen molar-refractivity contribution in [1.82, 2.24) is 0 Å². The Hall–Kier alpha value is -1.59. The molecule has 0 radical (unpaired) electrons. The standard InChI is InChI=1S/C56H108O6/c1-6-7-8-9-10-11-12-22-25-31-36-41-46-54(57)60-49-53(62-56(59)48-43-38-33-28-27-30-35-40-45-52(4)5)50-61-55(58)47-42-37-32-26-23-20-18-16-14-13-15-17-19-21-24-29-34-39-44-51(2)3/h51-53H,6-50H2,1-5H3/t53-/m1/s1. The lowest BCUT2D eigenvalue weighted by molar-refractivity contribution is -0.167. The van der Waals surface area contributed by atoms with E-state index in [9.17, 15) is 14.4 Å². The number of esters is 3. The smallest absolute Gasteiger partial charge is 0.306 e. The van der Waals surface area contributed by atoms with E-state index in [-0.39, 0.29) is 31.1 Å². The van der Waals surface area contributed by atoms with Crippen molar-refractivity contribution in [2.45, 2.75) is 317 Å². The Morgan fingerprint density at radius 1 is 0.306 bits per heavy atom. The fourth-order valence-electron chi connectivity index (χ4n) is 8.52. The Morgan fingerprint density at radius 3 is 0.790 bits per heavy atom. The Morgan fingerprint density at radius 2 is 0.532 bits per heavy atom. The van der Waals surface area contributed by atoms with Gasteiger partial charge >= 0.3 is 17.9 Å². The molecular formula is C56H108O6. The Labute approximate surface area is 387 Å². The summed E-state index contributed by atoms with van der Waals surface area (Å²) in [6.45, 7) is 11.4. The predicted octanol–water partition coefficient (Wildman–Crippen LogP) is 18.1. The average molecular weight is 877 g/mol. The molecule has 0 saturated carbocycles. The summed E-state index contributed by atoms with van der Waals surface area (Å²) < 4.78 is 16.8. The highest BCUT2D eigenvalue weighted by Crippen LogP contribution is 2.18. The number of ether oxygens (including phenoxy) is 3. The van der Waals surface area contributed by atoms with Crippen LogP contribution in [0.2, 0.25) is 0 Å². The number of carbonyl (C=O) groups excluding carboxylic acids is 3. The van der Waals surface area contributed by atoms with Gasteiger partial charge in [-0.3, -0.25) is 14.4 Å². The fraction of sp³-hybridized carbons (Fsp3) is 0.946. The monoisotopic (exact) mass is 877 g/mol. The maximum Gasteiger partial charge on any atom is 0.306 e. The highest BCUT2D eigenvalue weighted by atomic mass is 16.6. The highest BCUT2D eigenvalue weighted by Gasteiger charge is 2.19. The minimum Gasteiger partial charge on any atom is -0.462 e. The third-order valence-electron chi connectivity index (χ3n) is 12.7. The van der Waals surface area contributed by atoms with Crippen LogP contribution in [-0.2, 0) is 28.6 Å². The van der Waals surface area contributed by atoms with Crippen molar-refractivity contribution in [3.63, 3.8) is 0 Å². The number of carbonyl (C=O) groups is 3. The van der Waals surface area contributed by atoms with Crippen LogP contribution in [0.3, 0.4) is 0 Å². The zero-order valence-corrected chi connectivity index (χ0v) is 42.5. The number of unbranched alkanes of at least 4 members (excludes halogenated alkanes) is 35. The van der Waals surface area contributed by atoms with Gasteiger partial charge in [-0.25, -0.2) is 0 Å². The second-order valence-corrected chi connectivity index (χ2v) is 20.2. The van der Waals surface area contributed by atoms with Crippen LogP contribution < -0.4 is 0 Å². The normalized spacial score (nSPS) is 12.0. The molecule has 62 heavy (non-hydrogen) atoms. The molecule has 0 aromatic rings. The van der Waals surface area contributed by atoms with Crippen LogP contribution >= 0.6 is 0 Å². The summed E-state index contributed by atoms with van der Waals surface area (Å²) in [5.74, 6) is 0.807.